The fourth-order valence-corrected chi connectivity index (χ4v) is 2.72. The van der Waals surface area contributed by atoms with Gasteiger partial charge in [0.05, 0.1) is 4.47 Å². The Labute approximate surface area is 98.2 Å². The summed E-state index contributed by atoms with van der Waals surface area (Å²) in [6.45, 7) is 3.13. The van der Waals surface area contributed by atoms with E-state index in [1.165, 1.54) is 18.9 Å². The van der Waals surface area contributed by atoms with Crippen LogP contribution in [-0.4, -0.2) is 12.6 Å². The maximum Gasteiger partial charge on any atom is 0.137 e. The molecule has 1 nitrogen and oxygen atoms in total. The quantitative estimate of drug-likeness (QED) is 0.871. The van der Waals surface area contributed by atoms with Crippen LogP contribution < -0.4 is 5.32 Å². The summed E-state index contributed by atoms with van der Waals surface area (Å²) in [5.74, 6) is -0.159. The molecule has 1 atom stereocenters. The van der Waals surface area contributed by atoms with E-state index in [0.717, 1.165) is 24.1 Å². The van der Waals surface area contributed by atoms with Gasteiger partial charge in [-0.25, -0.2) is 4.39 Å². The van der Waals surface area contributed by atoms with Gasteiger partial charge in [-0.3, -0.25) is 0 Å². The van der Waals surface area contributed by atoms with Gasteiger partial charge in [0.25, 0.3) is 0 Å². The molecule has 82 valence electrons. The summed E-state index contributed by atoms with van der Waals surface area (Å²) in [5.41, 5.74) is 2.27. The van der Waals surface area contributed by atoms with Crippen molar-refractivity contribution in [2.24, 2.45) is 0 Å². The average Bonchev–Trinajstić information content (AvgIpc) is 2.71. The smallest absolute Gasteiger partial charge is 0.137 e. The van der Waals surface area contributed by atoms with Crippen molar-refractivity contribution in [2.45, 2.75) is 32.2 Å². The number of aryl methyl sites for hydroxylation is 1. The van der Waals surface area contributed by atoms with Crippen LogP contribution in [0, 0.1) is 12.7 Å². The molecule has 1 heterocycles. The van der Waals surface area contributed by atoms with Crippen molar-refractivity contribution in [3.05, 3.63) is 33.5 Å². The highest BCUT2D eigenvalue weighted by Gasteiger charge is 2.18. The van der Waals surface area contributed by atoms with Crippen molar-refractivity contribution in [1.29, 1.82) is 0 Å². The molecule has 1 aromatic rings. The molecule has 0 radical (unpaired) electrons. The Kier molecular flexibility index (Phi) is 3.42. The first-order valence-corrected chi connectivity index (χ1v) is 6.14. The predicted molar refractivity (Wildman–Crippen MR) is 63.6 cm³/mol. The zero-order valence-corrected chi connectivity index (χ0v) is 10.4. The number of nitrogens with one attached hydrogen (secondary N) is 1. The highest BCUT2D eigenvalue weighted by Crippen LogP contribution is 2.26. The third kappa shape index (κ3) is 2.40. The van der Waals surface area contributed by atoms with Crippen molar-refractivity contribution in [3.63, 3.8) is 0 Å². The minimum atomic E-state index is -0.159. The first-order chi connectivity index (χ1) is 7.18. The van der Waals surface area contributed by atoms with Gasteiger partial charge < -0.3 is 5.32 Å². The molecular formula is C12H15BrFN. The zero-order chi connectivity index (χ0) is 10.8. The van der Waals surface area contributed by atoms with Crippen molar-refractivity contribution in [3.8, 4) is 0 Å². The monoisotopic (exact) mass is 271 g/mol. The molecule has 1 aliphatic heterocycles. The van der Waals surface area contributed by atoms with E-state index >= 15 is 0 Å². The van der Waals surface area contributed by atoms with Crippen LogP contribution in [0.2, 0.25) is 0 Å². The maximum absolute atomic E-state index is 13.4. The van der Waals surface area contributed by atoms with E-state index in [2.05, 4.69) is 21.2 Å². The summed E-state index contributed by atoms with van der Waals surface area (Å²) >= 11 is 3.34. The highest BCUT2D eigenvalue weighted by molar-refractivity contribution is 9.10. The van der Waals surface area contributed by atoms with Gasteiger partial charge in [-0.1, -0.05) is 6.07 Å². The lowest BCUT2D eigenvalue weighted by molar-refractivity contribution is 0.586. The van der Waals surface area contributed by atoms with E-state index in [0.29, 0.717) is 10.5 Å². The molecule has 1 unspecified atom stereocenters. The first-order valence-electron chi connectivity index (χ1n) is 5.35. The molecule has 1 aliphatic rings. The lowest BCUT2D eigenvalue weighted by Gasteiger charge is -2.14. The zero-order valence-electron chi connectivity index (χ0n) is 8.82. The second kappa shape index (κ2) is 4.62. The molecular weight excluding hydrogens is 257 g/mol. The van der Waals surface area contributed by atoms with Crippen LogP contribution in [0.4, 0.5) is 4.39 Å². The second-order valence-corrected chi connectivity index (χ2v) is 4.95. The van der Waals surface area contributed by atoms with Gasteiger partial charge in [0.15, 0.2) is 0 Å². The van der Waals surface area contributed by atoms with Crippen molar-refractivity contribution < 1.29 is 4.39 Å². The molecule has 0 bridgehead atoms. The van der Waals surface area contributed by atoms with Gasteiger partial charge in [0, 0.05) is 6.04 Å². The fourth-order valence-electron chi connectivity index (χ4n) is 2.12. The van der Waals surface area contributed by atoms with Gasteiger partial charge >= 0.3 is 0 Å². The molecule has 1 aromatic carbocycles. The van der Waals surface area contributed by atoms with Crippen molar-refractivity contribution in [1.82, 2.24) is 5.32 Å². The summed E-state index contributed by atoms with van der Waals surface area (Å²) in [5, 5.41) is 3.44. The van der Waals surface area contributed by atoms with Gasteiger partial charge in [0.1, 0.15) is 5.82 Å². The van der Waals surface area contributed by atoms with E-state index in [-0.39, 0.29) is 5.82 Å². The SMILES string of the molecule is Cc1ccc(F)c(Br)c1CC1CCCN1. The van der Waals surface area contributed by atoms with Crippen molar-refractivity contribution in [2.75, 3.05) is 6.54 Å². The Morgan fingerprint density at radius 3 is 3.00 bits per heavy atom. The fraction of sp³-hybridized carbons (Fsp3) is 0.500. The summed E-state index contributed by atoms with van der Waals surface area (Å²) in [6, 6.07) is 3.89. The first kappa shape index (κ1) is 11.1. The van der Waals surface area contributed by atoms with Crippen LogP contribution in [0.1, 0.15) is 24.0 Å². The lowest BCUT2D eigenvalue weighted by atomic mass is 10.00. The number of halogens is 2. The standard InChI is InChI=1S/C12H15BrFN/c1-8-4-5-11(14)12(13)10(8)7-9-3-2-6-15-9/h4-5,9,15H,2-3,6-7H2,1H3. The highest BCUT2D eigenvalue weighted by atomic mass is 79.9. The number of benzene rings is 1. The molecule has 0 saturated carbocycles. The topological polar surface area (TPSA) is 12.0 Å². The Balaban J connectivity index is 2.22. The van der Waals surface area contributed by atoms with Crippen LogP contribution in [0.3, 0.4) is 0 Å². The molecule has 0 aliphatic carbocycles. The minimum Gasteiger partial charge on any atom is -0.314 e. The van der Waals surface area contributed by atoms with Gasteiger partial charge in [0.2, 0.25) is 0 Å². The van der Waals surface area contributed by atoms with Gasteiger partial charge in [-0.15, -0.1) is 0 Å². The third-order valence-corrected chi connectivity index (χ3v) is 3.90. The molecule has 3 heteroatoms. The van der Waals surface area contributed by atoms with Crippen molar-refractivity contribution >= 4 is 15.9 Å². The van der Waals surface area contributed by atoms with E-state index in [1.54, 1.807) is 0 Å². The van der Waals surface area contributed by atoms with E-state index in [4.69, 9.17) is 0 Å². The van der Waals surface area contributed by atoms with Crippen LogP contribution in [-0.2, 0) is 6.42 Å². The van der Waals surface area contributed by atoms with Gasteiger partial charge in [-0.05, 0) is 65.9 Å². The van der Waals surface area contributed by atoms with Gasteiger partial charge in [-0.2, -0.15) is 0 Å². The molecule has 0 amide bonds. The molecule has 2 rings (SSSR count). The van der Waals surface area contributed by atoms with Crippen LogP contribution in [0.5, 0.6) is 0 Å². The normalized spacial score (nSPS) is 20.9. The molecule has 1 N–H and O–H groups in total. The predicted octanol–water partition coefficient (Wildman–Crippen LogP) is 3.19. The Bertz CT molecular complexity index is 359. The lowest BCUT2D eigenvalue weighted by Crippen LogP contribution is -2.24. The molecule has 1 fully saturated rings. The molecule has 1 saturated heterocycles. The number of rotatable bonds is 2. The van der Waals surface area contributed by atoms with E-state index < -0.39 is 0 Å². The van der Waals surface area contributed by atoms with E-state index in [9.17, 15) is 4.39 Å². The number of hydrogen-bond acceptors (Lipinski definition) is 1. The molecule has 15 heavy (non-hydrogen) atoms. The van der Waals surface area contributed by atoms with E-state index in [1.807, 2.05) is 13.0 Å². The summed E-state index contributed by atoms with van der Waals surface area (Å²) in [6.07, 6.45) is 3.35. The minimum absolute atomic E-state index is 0.159. The summed E-state index contributed by atoms with van der Waals surface area (Å²) in [7, 11) is 0. The molecule has 0 spiro atoms. The molecule has 0 aromatic heterocycles. The Morgan fingerprint density at radius 2 is 2.33 bits per heavy atom. The van der Waals surface area contributed by atoms with Crippen LogP contribution in [0.15, 0.2) is 16.6 Å². The summed E-state index contributed by atoms with van der Waals surface area (Å²) < 4.78 is 14.0. The third-order valence-electron chi connectivity index (χ3n) is 3.04. The Hall–Kier alpha value is -0.410. The Morgan fingerprint density at radius 1 is 1.53 bits per heavy atom. The summed E-state index contributed by atoms with van der Waals surface area (Å²) in [4.78, 5) is 0. The number of hydrogen-bond donors (Lipinski definition) is 1. The second-order valence-electron chi connectivity index (χ2n) is 4.15. The largest absolute Gasteiger partial charge is 0.314 e. The average molecular weight is 272 g/mol. The maximum atomic E-state index is 13.4. The van der Waals surface area contributed by atoms with Crippen LogP contribution in [0.25, 0.3) is 0 Å². The van der Waals surface area contributed by atoms with Crippen LogP contribution >= 0.6 is 15.9 Å².